The van der Waals surface area contributed by atoms with Crippen LogP contribution >= 0.6 is 11.3 Å². The molecular weight excluding hydrogens is 460 g/mol. The van der Waals surface area contributed by atoms with E-state index in [-0.39, 0.29) is 11.8 Å². The van der Waals surface area contributed by atoms with Crippen LogP contribution < -0.4 is 10.1 Å². The van der Waals surface area contributed by atoms with Crippen LogP contribution in [0.3, 0.4) is 0 Å². The van der Waals surface area contributed by atoms with E-state index in [1.165, 1.54) is 18.1 Å². The van der Waals surface area contributed by atoms with Gasteiger partial charge >= 0.3 is 0 Å². The molecule has 178 valence electrons. The highest BCUT2D eigenvalue weighted by Crippen LogP contribution is 2.29. The summed E-state index contributed by atoms with van der Waals surface area (Å²) < 4.78 is 7.23. The first-order chi connectivity index (χ1) is 16.9. The average molecular weight is 487 g/mol. The van der Waals surface area contributed by atoms with Crippen molar-refractivity contribution in [2.75, 3.05) is 26.5 Å². The third-order valence-corrected chi connectivity index (χ3v) is 6.13. The highest BCUT2D eigenvalue weighted by atomic mass is 32.1. The summed E-state index contributed by atoms with van der Waals surface area (Å²) in [5.74, 6) is -0.0344. The minimum atomic E-state index is -0.342. The Balaban J connectivity index is 1.57. The first-order valence-corrected chi connectivity index (χ1v) is 11.9. The maximum absolute atomic E-state index is 12.8. The lowest BCUT2D eigenvalue weighted by Gasteiger charge is -2.14. The van der Waals surface area contributed by atoms with E-state index in [2.05, 4.69) is 17.4 Å². The third kappa shape index (κ3) is 5.85. The second-order valence-electron chi connectivity index (χ2n) is 8.03. The standard InChI is InChI=1S/C27H26N4O3S/c1-30(2)27(33)20-11-13-23(34-3)22(16-20)28-25(32)14-12-21-18-31(17-19-8-5-4-6-9-19)29-26(21)24-10-7-15-35-24/h4-16,18H,17H2,1-3H3,(H,28,32)/b14-12+. The van der Waals surface area contributed by atoms with Gasteiger partial charge in [-0.2, -0.15) is 5.10 Å². The second-order valence-corrected chi connectivity index (χ2v) is 8.98. The molecule has 7 nitrogen and oxygen atoms in total. The molecule has 0 aliphatic heterocycles. The van der Waals surface area contributed by atoms with Crippen molar-refractivity contribution in [2.45, 2.75) is 6.54 Å². The van der Waals surface area contributed by atoms with E-state index in [9.17, 15) is 9.59 Å². The van der Waals surface area contributed by atoms with E-state index >= 15 is 0 Å². The third-order valence-electron chi connectivity index (χ3n) is 5.26. The van der Waals surface area contributed by atoms with Crippen molar-refractivity contribution in [2.24, 2.45) is 0 Å². The van der Waals surface area contributed by atoms with Crippen LogP contribution in [0.4, 0.5) is 5.69 Å². The smallest absolute Gasteiger partial charge is 0.253 e. The van der Waals surface area contributed by atoms with Crippen LogP contribution in [0.2, 0.25) is 0 Å². The lowest BCUT2D eigenvalue weighted by molar-refractivity contribution is -0.111. The molecule has 0 aliphatic carbocycles. The molecule has 4 rings (SSSR count). The molecule has 2 aromatic carbocycles. The summed E-state index contributed by atoms with van der Waals surface area (Å²) in [7, 11) is 4.87. The normalized spacial score (nSPS) is 10.9. The van der Waals surface area contributed by atoms with Crippen molar-refractivity contribution >= 4 is 34.9 Å². The molecular formula is C27H26N4O3S. The minimum Gasteiger partial charge on any atom is -0.495 e. The molecule has 1 N–H and O–H groups in total. The lowest BCUT2D eigenvalue weighted by atomic mass is 10.1. The summed E-state index contributed by atoms with van der Waals surface area (Å²) in [6.45, 7) is 0.628. The number of hydrogen-bond donors (Lipinski definition) is 1. The van der Waals surface area contributed by atoms with E-state index in [4.69, 9.17) is 9.84 Å². The molecule has 35 heavy (non-hydrogen) atoms. The predicted octanol–water partition coefficient (Wildman–Crippen LogP) is 5.02. The van der Waals surface area contributed by atoms with Gasteiger partial charge in [-0.25, -0.2) is 0 Å². The molecule has 2 aromatic heterocycles. The molecule has 0 saturated carbocycles. The van der Waals surface area contributed by atoms with Gasteiger partial charge in [0.25, 0.3) is 5.91 Å². The second kappa shape index (κ2) is 10.8. The number of thiophene rings is 1. The number of ether oxygens (including phenoxy) is 1. The van der Waals surface area contributed by atoms with E-state index in [1.807, 2.05) is 46.6 Å². The Morgan fingerprint density at radius 1 is 1.11 bits per heavy atom. The predicted molar refractivity (Wildman–Crippen MR) is 140 cm³/mol. The van der Waals surface area contributed by atoms with Gasteiger partial charge in [0.15, 0.2) is 0 Å². The van der Waals surface area contributed by atoms with Crippen LogP contribution in [0.1, 0.15) is 21.5 Å². The number of methoxy groups -OCH3 is 1. The molecule has 8 heteroatoms. The van der Waals surface area contributed by atoms with E-state index in [1.54, 1.807) is 49.7 Å². The topological polar surface area (TPSA) is 76.5 Å². The van der Waals surface area contributed by atoms with Crippen molar-refractivity contribution in [3.8, 4) is 16.3 Å². The Hall–Kier alpha value is -4.17. The van der Waals surface area contributed by atoms with E-state index < -0.39 is 0 Å². The number of rotatable bonds is 8. The van der Waals surface area contributed by atoms with Gasteiger partial charge in [0.1, 0.15) is 11.4 Å². The maximum atomic E-state index is 12.8. The van der Waals surface area contributed by atoms with Gasteiger partial charge in [-0.15, -0.1) is 11.3 Å². The molecule has 0 bridgehead atoms. The number of aromatic nitrogens is 2. The molecule has 0 unspecified atom stereocenters. The molecule has 2 heterocycles. The fraction of sp³-hybridized carbons (Fsp3) is 0.148. The fourth-order valence-electron chi connectivity index (χ4n) is 3.55. The lowest BCUT2D eigenvalue weighted by Crippen LogP contribution is -2.22. The monoisotopic (exact) mass is 486 g/mol. The zero-order chi connectivity index (χ0) is 24.8. The summed E-state index contributed by atoms with van der Waals surface area (Å²) in [5.41, 5.74) is 3.67. The summed E-state index contributed by atoms with van der Waals surface area (Å²) in [4.78, 5) is 27.6. The van der Waals surface area contributed by atoms with Crippen molar-refractivity contribution in [3.05, 3.63) is 95.0 Å². The van der Waals surface area contributed by atoms with E-state index in [0.717, 1.165) is 21.7 Å². The zero-order valence-electron chi connectivity index (χ0n) is 19.8. The van der Waals surface area contributed by atoms with Gasteiger partial charge in [0.2, 0.25) is 5.91 Å². The number of nitrogens with one attached hydrogen (secondary N) is 1. The van der Waals surface area contributed by atoms with Crippen LogP contribution in [0.15, 0.2) is 78.3 Å². The van der Waals surface area contributed by atoms with Crippen LogP contribution in [-0.4, -0.2) is 47.7 Å². The molecule has 0 radical (unpaired) electrons. The van der Waals surface area contributed by atoms with Crippen LogP contribution in [-0.2, 0) is 11.3 Å². The van der Waals surface area contributed by atoms with Crippen molar-refractivity contribution in [3.63, 3.8) is 0 Å². The summed E-state index contributed by atoms with van der Waals surface area (Å²) in [6.07, 6.45) is 5.14. The van der Waals surface area contributed by atoms with Crippen LogP contribution in [0.5, 0.6) is 5.75 Å². The first-order valence-electron chi connectivity index (χ1n) is 11.0. The minimum absolute atomic E-state index is 0.162. The Morgan fingerprint density at radius 2 is 1.91 bits per heavy atom. The van der Waals surface area contributed by atoms with Gasteiger partial charge in [-0.1, -0.05) is 36.4 Å². The number of amides is 2. The molecule has 2 amide bonds. The molecule has 0 fully saturated rings. The van der Waals surface area contributed by atoms with Gasteiger partial charge in [-0.05, 0) is 41.3 Å². The highest BCUT2D eigenvalue weighted by molar-refractivity contribution is 7.13. The van der Waals surface area contributed by atoms with Crippen LogP contribution in [0.25, 0.3) is 16.6 Å². The Bertz CT molecular complexity index is 1340. The van der Waals surface area contributed by atoms with Gasteiger partial charge in [0.05, 0.1) is 24.2 Å². The molecule has 4 aromatic rings. The maximum Gasteiger partial charge on any atom is 0.253 e. The molecule has 0 spiro atoms. The average Bonchev–Trinajstić information content (AvgIpc) is 3.53. The number of nitrogens with zero attached hydrogens (tertiary/aromatic N) is 3. The van der Waals surface area contributed by atoms with Gasteiger partial charge < -0.3 is 15.0 Å². The summed E-state index contributed by atoms with van der Waals surface area (Å²) >= 11 is 1.60. The largest absolute Gasteiger partial charge is 0.495 e. The summed E-state index contributed by atoms with van der Waals surface area (Å²) in [5, 5.41) is 9.59. The summed E-state index contributed by atoms with van der Waals surface area (Å²) in [6, 6.07) is 19.0. The molecule has 0 aliphatic rings. The zero-order valence-corrected chi connectivity index (χ0v) is 20.6. The van der Waals surface area contributed by atoms with Gasteiger partial charge in [0, 0.05) is 37.5 Å². The molecule has 0 saturated heterocycles. The van der Waals surface area contributed by atoms with Crippen molar-refractivity contribution < 1.29 is 14.3 Å². The number of anilines is 1. The number of benzene rings is 2. The Labute approximate surface area is 208 Å². The molecule has 0 atom stereocenters. The Kier molecular flexibility index (Phi) is 7.42. The fourth-order valence-corrected chi connectivity index (χ4v) is 4.28. The quantitative estimate of drug-likeness (QED) is 0.355. The van der Waals surface area contributed by atoms with E-state index in [0.29, 0.717) is 23.5 Å². The Morgan fingerprint density at radius 3 is 2.60 bits per heavy atom. The number of hydrogen-bond acceptors (Lipinski definition) is 5. The number of carbonyl (C=O) groups excluding carboxylic acids is 2. The van der Waals surface area contributed by atoms with Gasteiger partial charge in [-0.3, -0.25) is 14.3 Å². The van der Waals surface area contributed by atoms with Crippen molar-refractivity contribution in [1.82, 2.24) is 14.7 Å². The van der Waals surface area contributed by atoms with Crippen molar-refractivity contribution in [1.29, 1.82) is 0 Å². The first kappa shape index (κ1) is 24.0. The van der Waals surface area contributed by atoms with Crippen LogP contribution in [0, 0.1) is 0 Å². The number of carbonyl (C=O) groups is 2. The highest BCUT2D eigenvalue weighted by Gasteiger charge is 2.14. The SMILES string of the molecule is COc1ccc(C(=O)N(C)C)cc1NC(=O)/C=C/c1cn(Cc2ccccc2)nc1-c1cccs1.